The monoisotopic (exact) mass is 324 g/mol. The highest BCUT2D eigenvalue weighted by atomic mass is 16.5. The van der Waals surface area contributed by atoms with Crippen molar-refractivity contribution < 1.29 is 4.74 Å². The van der Waals surface area contributed by atoms with Gasteiger partial charge in [0.25, 0.3) is 0 Å². The summed E-state index contributed by atoms with van der Waals surface area (Å²) in [6.07, 6.45) is 6.58. The lowest BCUT2D eigenvalue weighted by Gasteiger charge is -2.26. The number of ether oxygens (including phenoxy) is 1. The van der Waals surface area contributed by atoms with Gasteiger partial charge in [0, 0.05) is 38.3 Å². The number of anilines is 1. The molecule has 0 aliphatic carbocycles. The molecule has 1 fully saturated rings. The number of fused-ring (bicyclic) bond motifs is 1. The van der Waals surface area contributed by atoms with Crippen LogP contribution in [0, 0.1) is 6.92 Å². The molecule has 124 valence electrons. The van der Waals surface area contributed by atoms with Crippen molar-refractivity contribution >= 4 is 16.9 Å². The van der Waals surface area contributed by atoms with Crippen LogP contribution in [0.4, 0.5) is 5.82 Å². The van der Waals surface area contributed by atoms with Gasteiger partial charge in [0.2, 0.25) is 0 Å². The summed E-state index contributed by atoms with van der Waals surface area (Å²) >= 11 is 0. The maximum Gasteiger partial charge on any atom is 0.164 e. The van der Waals surface area contributed by atoms with Gasteiger partial charge in [0.15, 0.2) is 5.65 Å². The predicted octanol–water partition coefficient (Wildman–Crippen LogP) is 1.83. The van der Waals surface area contributed by atoms with Crippen molar-refractivity contribution in [2.45, 2.75) is 26.0 Å². The summed E-state index contributed by atoms with van der Waals surface area (Å²) in [4.78, 5) is 15.8. The Bertz CT molecular complexity index is 819. The minimum Gasteiger partial charge on any atom is -0.374 e. The molecule has 0 radical (unpaired) electrons. The molecule has 4 heterocycles. The van der Waals surface area contributed by atoms with Crippen molar-refractivity contribution in [2.24, 2.45) is 0 Å². The molecular weight excluding hydrogens is 304 g/mol. The third kappa shape index (κ3) is 3.07. The Balaban J connectivity index is 1.65. The molecule has 0 aromatic carbocycles. The van der Waals surface area contributed by atoms with Crippen LogP contribution >= 0.6 is 0 Å². The van der Waals surface area contributed by atoms with E-state index in [2.05, 4.69) is 20.0 Å². The molecule has 4 rings (SSSR count). The van der Waals surface area contributed by atoms with Crippen LogP contribution in [0.3, 0.4) is 0 Å². The van der Waals surface area contributed by atoms with Gasteiger partial charge in [0.05, 0.1) is 18.0 Å². The summed E-state index contributed by atoms with van der Waals surface area (Å²) in [5.74, 6) is 1.69. The van der Waals surface area contributed by atoms with Gasteiger partial charge < -0.3 is 9.64 Å². The molecule has 3 aromatic rings. The van der Waals surface area contributed by atoms with E-state index in [0.29, 0.717) is 0 Å². The van der Waals surface area contributed by atoms with E-state index in [1.54, 1.807) is 12.4 Å². The quantitative estimate of drug-likeness (QED) is 0.732. The van der Waals surface area contributed by atoms with Crippen LogP contribution in [-0.2, 0) is 11.3 Å². The van der Waals surface area contributed by atoms with Gasteiger partial charge >= 0.3 is 0 Å². The fourth-order valence-electron chi connectivity index (χ4n) is 3.11. The second kappa shape index (κ2) is 6.52. The summed E-state index contributed by atoms with van der Waals surface area (Å²) in [5.41, 5.74) is 0.744. The Labute approximate surface area is 140 Å². The highest BCUT2D eigenvalue weighted by Crippen LogP contribution is 2.24. The lowest BCUT2D eigenvalue weighted by molar-refractivity contribution is 0.0543. The Morgan fingerprint density at radius 1 is 1.25 bits per heavy atom. The van der Waals surface area contributed by atoms with E-state index in [-0.39, 0.29) is 6.10 Å². The fourth-order valence-corrected chi connectivity index (χ4v) is 3.11. The number of hydrogen-bond acceptors (Lipinski definition) is 6. The molecule has 0 amide bonds. The maximum absolute atomic E-state index is 6.01. The third-order valence-corrected chi connectivity index (χ3v) is 4.16. The van der Waals surface area contributed by atoms with E-state index < -0.39 is 0 Å². The lowest BCUT2D eigenvalue weighted by Crippen LogP contribution is -2.35. The van der Waals surface area contributed by atoms with E-state index in [1.807, 2.05) is 36.0 Å². The zero-order valence-electron chi connectivity index (χ0n) is 13.7. The van der Waals surface area contributed by atoms with Crippen LogP contribution in [0.15, 0.2) is 36.8 Å². The number of rotatable bonds is 3. The van der Waals surface area contributed by atoms with E-state index in [1.165, 1.54) is 0 Å². The fraction of sp³-hybridized carbons (Fsp3) is 0.412. The van der Waals surface area contributed by atoms with Crippen LogP contribution in [-0.4, -0.2) is 50.5 Å². The lowest BCUT2D eigenvalue weighted by atomic mass is 10.2. The predicted molar refractivity (Wildman–Crippen MR) is 90.9 cm³/mol. The topological polar surface area (TPSA) is 69.0 Å². The van der Waals surface area contributed by atoms with Gasteiger partial charge in [-0.05, 0) is 31.5 Å². The van der Waals surface area contributed by atoms with Gasteiger partial charge in [0.1, 0.15) is 11.6 Å². The molecule has 1 atom stereocenters. The highest BCUT2D eigenvalue weighted by Gasteiger charge is 2.22. The molecule has 1 aliphatic heterocycles. The van der Waals surface area contributed by atoms with E-state index in [4.69, 9.17) is 9.72 Å². The molecule has 0 bridgehead atoms. The summed E-state index contributed by atoms with van der Waals surface area (Å²) in [7, 11) is 0. The molecule has 0 unspecified atom stereocenters. The molecule has 0 spiro atoms. The first-order chi connectivity index (χ1) is 11.8. The van der Waals surface area contributed by atoms with Crippen molar-refractivity contribution in [3.8, 4) is 0 Å². The van der Waals surface area contributed by atoms with Gasteiger partial charge in [-0.25, -0.2) is 15.0 Å². The second-order valence-corrected chi connectivity index (χ2v) is 5.99. The number of aryl methyl sites for hydroxylation is 1. The number of nitrogens with zero attached hydrogens (tertiary/aromatic N) is 6. The van der Waals surface area contributed by atoms with Crippen molar-refractivity contribution in [1.29, 1.82) is 0 Å². The molecule has 0 saturated carbocycles. The standard InChI is InChI=1S/C17H20N6O/c1-13-20-16-15(5-2-6-18-16)17(21-13)22-8-4-10-24-14(11-22)12-23-9-3-7-19-23/h2-3,5-7,9,14H,4,8,10-12H2,1H3/t14-/m1/s1. The minimum absolute atomic E-state index is 0.0781. The molecule has 7 heteroatoms. The van der Waals surface area contributed by atoms with Crippen LogP contribution in [0.2, 0.25) is 0 Å². The summed E-state index contributed by atoms with van der Waals surface area (Å²) in [6, 6.07) is 5.90. The molecule has 7 nitrogen and oxygen atoms in total. The number of pyridine rings is 1. The van der Waals surface area contributed by atoms with Gasteiger partial charge in [-0.2, -0.15) is 5.10 Å². The Morgan fingerprint density at radius 3 is 3.08 bits per heavy atom. The van der Waals surface area contributed by atoms with Crippen LogP contribution < -0.4 is 4.90 Å². The molecule has 24 heavy (non-hydrogen) atoms. The van der Waals surface area contributed by atoms with Crippen LogP contribution in [0.1, 0.15) is 12.2 Å². The van der Waals surface area contributed by atoms with Gasteiger partial charge in [-0.1, -0.05) is 0 Å². The van der Waals surface area contributed by atoms with Crippen molar-refractivity contribution in [2.75, 3.05) is 24.6 Å². The second-order valence-electron chi connectivity index (χ2n) is 5.99. The van der Waals surface area contributed by atoms with E-state index in [9.17, 15) is 0 Å². The molecule has 1 aliphatic rings. The van der Waals surface area contributed by atoms with Crippen molar-refractivity contribution in [3.05, 3.63) is 42.6 Å². The first kappa shape index (κ1) is 15.0. The number of hydrogen-bond donors (Lipinski definition) is 0. The summed E-state index contributed by atoms with van der Waals surface area (Å²) in [5, 5.41) is 5.27. The average Bonchev–Trinajstić information content (AvgIpc) is 2.98. The van der Waals surface area contributed by atoms with E-state index in [0.717, 1.165) is 55.3 Å². The summed E-state index contributed by atoms with van der Waals surface area (Å²) < 4.78 is 7.92. The maximum atomic E-state index is 6.01. The molecule has 1 saturated heterocycles. The van der Waals surface area contributed by atoms with Crippen LogP contribution in [0.5, 0.6) is 0 Å². The van der Waals surface area contributed by atoms with Crippen molar-refractivity contribution in [1.82, 2.24) is 24.7 Å². The SMILES string of the molecule is Cc1nc(N2CCCO[C@@H](Cn3cccn3)C2)c2cccnc2n1. The average molecular weight is 324 g/mol. The summed E-state index contributed by atoms with van der Waals surface area (Å²) in [6.45, 7) is 5.09. The largest absolute Gasteiger partial charge is 0.374 e. The molecular formula is C17H20N6O. The van der Waals surface area contributed by atoms with Gasteiger partial charge in [-0.15, -0.1) is 0 Å². The van der Waals surface area contributed by atoms with Gasteiger partial charge in [-0.3, -0.25) is 4.68 Å². The normalized spacial score (nSPS) is 18.7. The first-order valence-electron chi connectivity index (χ1n) is 8.23. The Morgan fingerprint density at radius 2 is 2.21 bits per heavy atom. The molecule has 3 aromatic heterocycles. The third-order valence-electron chi connectivity index (χ3n) is 4.16. The molecule has 0 N–H and O–H groups in total. The Hall–Kier alpha value is -2.54. The zero-order chi connectivity index (χ0) is 16.4. The van der Waals surface area contributed by atoms with Crippen LogP contribution in [0.25, 0.3) is 11.0 Å². The highest BCUT2D eigenvalue weighted by molar-refractivity contribution is 5.86. The number of aromatic nitrogens is 5. The Kier molecular flexibility index (Phi) is 4.08. The minimum atomic E-state index is 0.0781. The smallest absolute Gasteiger partial charge is 0.164 e. The zero-order valence-corrected chi connectivity index (χ0v) is 13.7. The first-order valence-corrected chi connectivity index (χ1v) is 8.23. The van der Waals surface area contributed by atoms with E-state index >= 15 is 0 Å². The van der Waals surface area contributed by atoms with Crippen molar-refractivity contribution in [3.63, 3.8) is 0 Å².